The number of pyridine rings is 1. The number of benzene rings is 2. The monoisotopic (exact) mass is 405 g/mol. The van der Waals surface area contributed by atoms with Gasteiger partial charge in [0.05, 0.1) is 25.4 Å². The first kappa shape index (κ1) is 18.9. The molecule has 1 amide bonds. The lowest BCUT2D eigenvalue weighted by Crippen LogP contribution is -2.11. The number of carbonyl (C=O) groups is 1. The molecule has 0 radical (unpaired) electrons. The number of thiazole rings is 1. The van der Waals surface area contributed by atoms with Gasteiger partial charge in [0.25, 0.3) is 5.91 Å². The summed E-state index contributed by atoms with van der Waals surface area (Å²) in [6, 6.07) is 15.0. The topological polar surface area (TPSA) is 73.3 Å². The van der Waals surface area contributed by atoms with Crippen LogP contribution in [0.1, 0.15) is 16.1 Å². The van der Waals surface area contributed by atoms with Crippen molar-refractivity contribution in [2.24, 2.45) is 0 Å². The molecule has 29 heavy (non-hydrogen) atoms. The quantitative estimate of drug-likeness (QED) is 0.509. The molecule has 0 bridgehead atoms. The minimum atomic E-state index is -0.224. The molecule has 4 rings (SSSR count). The number of hydrogen-bond acceptors (Lipinski definition) is 6. The zero-order chi connectivity index (χ0) is 20.4. The van der Waals surface area contributed by atoms with E-state index < -0.39 is 0 Å². The Kier molecular flexibility index (Phi) is 5.14. The van der Waals surface area contributed by atoms with E-state index in [1.165, 1.54) is 11.3 Å². The van der Waals surface area contributed by atoms with Crippen molar-refractivity contribution in [3.05, 3.63) is 65.2 Å². The smallest absolute Gasteiger partial charge is 0.257 e. The Labute approximate surface area is 172 Å². The third kappa shape index (κ3) is 3.90. The van der Waals surface area contributed by atoms with Gasteiger partial charge in [0, 0.05) is 33.7 Å². The van der Waals surface area contributed by atoms with Crippen molar-refractivity contribution in [2.75, 3.05) is 19.5 Å². The summed E-state index contributed by atoms with van der Waals surface area (Å²) in [5.74, 6) is 1.14. The molecule has 0 spiro atoms. The van der Waals surface area contributed by atoms with Crippen molar-refractivity contribution in [2.45, 2.75) is 6.92 Å². The van der Waals surface area contributed by atoms with E-state index in [0.29, 0.717) is 22.2 Å². The second kappa shape index (κ2) is 7.89. The van der Waals surface area contributed by atoms with Crippen LogP contribution >= 0.6 is 11.3 Å². The summed E-state index contributed by atoms with van der Waals surface area (Å²) >= 11 is 1.36. The number of hydrogen-bond donors (Lipinski definition) is 1. The molecular formula is C22H19N3O3S. The molecule has 7 heteroatoms. The maximum atomic E-state index is 12.7. The molecule has 2 aromatic heterocycles. The number of nitrogens with one attached hydrogen (secondary N) is 1. The van der Waals surface area contributed by atoms with Gasteiger partial charge in [0.15, 0.2) is 5.13 Å². The van der Waals surface area contributed by atoms with Crippen molar-refractivity contribution in [1.29, 1.82) is 0 Å². The number of aryl methyl sites for hydroxylation is 1. The fourth-order valence-corrected chi connectivity index (χ4v) is 3.70. The number of anilines is 1. The van der Waals surface area contributed by atoms with Crippen LogP contribution < -0.4 is 14.8 Å². The van der Waals surface area contributed by atoms with E-state index >= 15 is 0 Å². The minimum Gasteiger partial charge on any atom is -0.497 e. The fraction of sp³-hybridized carbons (Fsp3) is 0.136. The van der Waals surface area contributed by atoms with Crippen LogP contribution in [-0.4, -0.2) is 30.1 Å². The van der Waals surface area contributed by atoms with E-state index in [4.69, 9.17) is 9.47 Å². The van der Waals surface area contributed by atoms with E-state index in [9.17, 15) is 4.79 Å². The Morgan fingerprint density at radius 1 is 1.00 bits per heavy atom. The van der Waals surface area contributed by atoms with E-state index in [1.54, 1.807) is 32.4 Å². The Hall–Kier alpha value is -3.45. The molecule has 0 aliphatic heterocycles. The summed E-state index contributed by atoms with van der Waals surface area (Å²) in [6.07, 6.45) is 0. The third-order valence-corrected chi connectivity index (χ3v) is 5.26. The number of carbonyl (C=O) groups excluding carboxylic acids is 1. The first-order valence-electron chi connectivity index (χ1n) is 8.94. The van der Waals surface area contributed by atoms with Crippen molar-refractivity contribution in [3.63, 3.8) is 0 Å². The standard InChI is InChI=1S/C22H19N3O3S/c1-13-4-5-14-6-7-15(10-18(14)23-13)21(26)25-22-24-19(12-29-22)17-9-8-16(27-2)11-20(17)28-3/h4-12H,1-3H3,(H,24,25,26). The lowest BCUT2D eigenvalue weighted by molar-refractivity contribution is 0.102. The molecule has 0 aliphatic carbocycles. The van der Waals surface area contributed by atoms with Gasteiger partial charge in [-0.15, -0.1) is 11.3 Å². The van der Waals surface area contributed by atoms with Crippen molar-refractivity contribution < 1.29 is 14.3 Å². The van der Waals surface area contributed by atoms with Crippen LogP contribution in [0.4, 0.5) is 5.13 Å². The highest BCUT2D eigenvalue weighted by molar-refractivity contribution is 7.14. The Balaban J connectivity index is 1.57. The molecule has 4 aromatic rings. The molecule has 0 unspecified atom stereocenters. The van der Waals surface area contributed by atoms with Gasteiger partial charge in [-0.2, -0.15) is 0 Å². The summed E-state index contributed by atoms with van der Waals surface area (Å²) in [6.45, 7) is 1.93. The lowest BCUT2D eigenvalue weighted by Gasteiger charge is -2.08. The predicted octanol–water partition coefficient (Wildman–Crippen LogP) is 4.94. The largest absolute Gasteiger partial charge is 0.497 e. The normalized spacial score (nSPS) is 10.7. The van der Waals surface area contributed by atoms with E-state index in [-0.39, 0.29) is 5.91 Å². The Bertz CT molecular complexity index is 1200. The number of rotatable bonds is 5. The molecule has 0 fully saturated rings. The van der Waals surface area contributed by atoms with Crippen LogP contribution in [0.25, 0.3) is 22.2 Å². The summed E-state index contributed by atoms with van der Waals surface area (Å²) in [5, 5.41) is 6.25. The molecule has 2 aromatic carbocycles. The number of nitrogens with zero attached hydrogens (tertiary/aromatic N) is 2. The van der Waals surface area contributed by atoms with Crippen molar-refractivity contribution in [3.8, 4) is 22.8 Å². The average Bonchev–Trinajstić information content (AvgIpc) is 3.20. The molecular weight excluding hydrogens is 386 g/mol. The summed E-state index contributed by atoms with van der Waals surface area (Å²) in [5.41, 5.74) is 3.79. The highest BCUT2D eigenvalue weighted by Gasteiger charge is 2.14. The van der Waals surface area contributed by atoms with E-state index in [0.717, 1.165) is 27.9 Å². The van der Waals surface area contributed by atoms with E-state index in [2.05, 4.69) is 15.3 Å². The van der Waals surface area contributed by atoms with E-state index in [1.807, 2.05) is 42.6 Å². The van der Waals surface area contributed by atoms with Crippen molar-refractivity contribution in [1.82, 2.24) is 9.97 Å². The molecule has 0 aliphatic rings. The Morgan fingerprint density at radius 3 is 2.62 bits per heavy atom. The average molecular weight is 405 g/mol. The van der Waals surface area contributed by atoms with Crippen LogP contribution in [-0.2, 0) is 0 Å². The lowest BCUT2D eigenvalue weighted by atomic mass is 10.1. The van der Waals surface area contributed by atoms with Gasteiger partial charge in [0.2, 0.25) is 0 Å². The number of aromatic nitrogens is 2. The Morgan fingerprint density at radius 2 is 1.83 bits per heavy atom. The maximum absolute atomic E-state index is 12.7. The van der Waals surface area contributed by atoms with Gasteiger partial charge in [0.1, 0.15) is 11.5 Å². The minimum absolute atomic E-state index is 0.224. The number of amides is 1. The zero-order valence-corrected chi connectivity index (χ0v) is 17.0. The molecule has 2 heterocycles. The van der Waals surface area contributed by atoms with Gasteiger partial charge in [-0.05, 0) is 37.3 Å². The van der Waals surface area contributed by atoms with Crippen LogP contribution in [0, 0.1) is 6.92 Å². The highest BCUT2D eigenvalue weighted by Crippen LogP contribution is 2.35. The summed E-state index contributed by atoms with van der Waals surface area (Å²) < 4.78 is 10.7. The second-order valence-electron chi connectivity index (χ2n) is 6.42. The molecule has 0 saturated heterocycles. The van der Waals surface area contributed by atoms with Crippen LogP contribution in [0.15, 0.2) is 53.9 Å². The third-order valence-electron chi connectivity index (χ3n) is 4.50. The van der Waals surface area contributed by atoms with Gasteiger partial charge >= 0.3 is 0 Å². The number of fused-ring (bicyclic) bond motifs is 1. The number of methoxy groups -OCH3 is 2. The van der Waals surface area contributed by atoms with Gasteiger partial charge in [-0.25, -0.2) is 4.98 Å². The fourth-order valence-electron chi connectivity index (χ4n) is 2.99. The zero-order valence-electron chi connectivity index (χ0n) is 16.2. The van der Waals surface area contributed by atoms with Gasteiger partial charge in [-0.3, -0.25) is 15.1 Å². The van der Waals surface area contributed by atoms with Crippen LogP contribution in [0.2, 0.25) is 0 Å². The maximum Gasteiger partial charge on any atom is 0.257 e. The first-order valence-corrected chi connectivity index (χ1v) is 9.82. The molecule has 0 saturated carbocycles. The second-order valence-corrected chi connectivity index (χ2v) is 7.28. The first-order chi connectivity index (χ1) is 14.1. The van der Waals surface area contributed by atoms with Crippen molar-refractivity contribution >= 4 is 33.3 Å². The van der Waals surface area contributed by atoms with Crippen LogP contribution in [0.5, 0.6) is 11.5 Å². The summed E-state index contributed by atoms with van der Waals surface area (Å²) in [4.78, 5) is 21.7. The highest BCUT2D eigenvalue weighted by atomic mass is 32.1. The van der Waals surface area contributed by atoms with Crippen LogP contribution in [0.3, 0.4) is 0 Å². The van der Waals surface area contributed by atoms with Gasteiger partial charge < -0.3 is 9.47 Å². The molecule has 6 nitrogen and oxygen atoms in total. The summed E-state index contributed by atoms with van der Waals surface area (Å²) in [7, 11) is 3.21. The molecule has 0 atom stereocenters. The predicted molar refractivity (Wildman–Crippen MR) is 115 cm³/mol. The number of ether oxygens (including phenoxy) is 2. The van der Waals surface area contributed by atoms with Gasteiger partial charge in [-0.1, -0.05) is 12.1 Å². The molecule has 1 N–H and O–H groups in total. The SMILES string of the molecule is COc1ccc(-c2csc(NC(=O)c3ccc4ccc(C)nc4c3)n2)c(OC)c1. The molecule has 146 valence electrons.